The predicted octanol–water partition coefficient (Wildman–Crippen LogP) is 12.7. The Morgan fingerprint density at radius 3 is 1.53 bits per heavy atom. The molecule has 214 valence electrons. The first kappa shape index (κ1) is 26.2. The molecule has 0 aromatic heterocycles. The van der Waals surface area contributed by atoms with Gasteiger partial charge >= 0.3 is 0 Å². The van der Waals surface area contributed by atoms with E-state index in [0.717, 1.165) is 12.8 Å². The second kappa shape index (κ2) is 9.91. The van der Waals surface area contributed by atoms with E-state index in [9.17, 15) is 0 Å². The second-order valence-corrected chi connectivity index (χ2v) is 12.7. The minimum Gasteiger partial charge on any atom is -0.0642 e. The summed E-state index contributed by atoms with van der Waals surface area (Å²) in [5, 5.41) is 10.4. The van der Waals surface area contributed by atoms with Gasteiger partial charge in [-0.05, 0) is 113 Å². The van der Waals surface area contributed by atoms with Crippen LogP contribution in [-0.4, -0.2) is 0 Å². The van der Waals surface area contributed by atoms with Crippen LogP contribution in [0, 0.1) is 0 Å². The van der Waals surface area contributed by atoms with Crippen molar-refractivity contribution in [3.8, 4) is 33.4 Å². The molecule has 45 heavy (non-hydrogen) atoms. The van der Waals surface area contributed by atoms with Gasteiger partial charge in [0.2, 0.25) is 0 Å². The summed E-state index contributed by atoms with van der Waals surface area (Å²) in [6.07, 6.45) is 2.18. The standard InChI is InChI=1S/C45H34/c1-3-45(4-2)41-20-12-11-15-35(41)36-26-24-32(28-42(36)45)44-39-18-9-7-16-37(39)43(38-17-8-10-19-40(38)44)31-23-25-34-30(27-31)22-21-29-13-5-6-14-33(29)34/h5-28H,3-4H2,1-2H3. The molecule has 0 heteroatoms. The Balaban J connectivity index is 1.32. The van der Waals surface area contributed by atoms with E-state index in [1.807, 2.05) is 0 Å². The van der Waals surface area contributed by atoms with E-state index in [4.69, 9.17) is 0 Å². The van der Waals surface area contributed by atoms with E-state index in [1.165, 1.54) is 87.6 Å². The van der Waals surface area contributed by atoms with Crippen molar-refractivity contribution >= 4 is 43.1 Å². The van der Waals surface area contributed by atoms with E-state index in [-0.39, 0.29) is 5.41 Å². The maximum atomic E-state index is 2.53. The molecule has 0 spiro atoms. The maximum Gasteiger partial charge on any atom is 0.0210 e. The molecule has 0 fully saturated rings. The average molecular weight is 575 g/mol. The van der Waals surface area contributed by atoms with Gasteiger partial charge in [-0.2, -0.15) is 0 Å². The maximum absolute atomic E-state index is 2.53. The van der Waals surface area contributed by atoms with Gasteiger partial charge < -0.3 is 0 Å². The SMILES string of the molecule is CCC1(CC)c2ccccc2-c2ccc(-c3c4ccccc4c(-c4ccc5c(ccc6ccccc65)c4)c4ccccc34)cc21. The van der Waals surface area contributed by atoms with Gasteiger partial charge in [-0.15, -0.1) is 0 Å². The molecule has 8 aromatic rings. The highest BCUT2D eigenvalue weighted by Crippen LogP contribution is 2.54. The predicted molar refractivity (Wildman–Crippen MR) is 194 cm³/mol. The number of fused-ring (bicyclic) bond motifs is 8. The van der Waals surface area contributed by atoms with Crippen molar-refractivity contribution in [3.05, 3.63) is 157 Å². The Kier molecular flexibility index (Phi) is 5.77. The molecule has 1 aliphatic carbocycles. The highest BCUT2D eigenvalue weighted by Gasteiger charge is 2.40. The molecule has 0 heterocycles. The molecule has 0 saturated carbocycles. The van der Waals surface area contributed by atoms with Crippen LogP contribution >= 0.6 is 0 Å². The molecular weight excluding hydrogens is 540 g/mol. The third kappa shape index (κ3) is 3.66. The molecule has 0 nitrogen and oxygen atoms in total. The fourth-order valence-corrected chi connectivity index (χ4v) is 8.54. The molecule has 1 aliphatic rings. The third-order valence-electron chi connectivity index (χ3n) is 10.7. The molecule has 0 N–H and O–H groups in total. The van der Waals surface area contributed by atoms with Crippen LogP contribution in [0.5, 0.6) is 0 Å². The van der Waals surface area contributed by atoms with Gasteiger partial charge in [0.15, 0.2) is 0 Å². The summed E-state index contributed by atoms with van der Waals surface area (Å²) < 4.78 is 0. The molecular formula is C45H34. The minimum atomic E-state index is 0.0444. The van der Waals surface area contributed by atoms with Crippen molar-refractivity contribution in [1.82, 2.24) is 0 Å². The quantitative estimate of drug-likeness (QED) is 0.145. The lowest BCUT2D eigenvalue weighted by Crippen LogP contribution is -2.23. The van der Waals surface area contributed by atoms with Crippen LogP contribution in [0.1, 0.15) is 37.8 Å². The summed E-state index contributed by atoms with van der Waals surface area (Å²) in [6, 6.07) is 54.6. The Bertz CT molecular complexity index is 2400. The third-order valence-corrected chi connectivity index (χ3v) is 10.7. The number of benzene rings is 8. The van der Waals surface area contributed by atoms with E-state index >= 15 is 0 Å². The van der Waals surface area contributed by atoms with Crippen LogP contribution in [0.15, 0.2) is 146 Å². The van der Waals surface area contributed by atoms with Gasteiger partial charge in [0.05, 0.1) is 0 Å². The van der Waals surface area contributed by atoms with Gasteiger partial charge in [0, 0.05) is 5.41 Å². The molecule has 0 unspecified atom stereocenters. The zero-order chi connectivity index (χ0) is 30.1. The highest BCUT2D eigenvalue weighted by atomic mass is 14.4. The molecule has 8 aromatic carbocycles. The van der Waals surface area contributed by atoms with Gasteiger partial charge in [-0.25, -0.2) is 0 Å². The topological polar surface area (TPSA) is 0 Å². The largest absolute Gasteiger partial charge is 0.0642 e. The molecule has 0 bridgehead atoms. The van der Waals surface area contributed by atoms with Crippen LogP contribution < -0.4 is 0 Å². The molecule has 0 amide bonds. The van der Waals surface area contributed by atoms with Crippen LogP contribution in [0.2, 0.25) is 0 Å². The van der Waals surface area contributed by atoms with Gasteiger partial charge in [-0.1, -0.05) is 147 Å². The summed E-state index contributed by atoms with van der Waals surface area (Å²) in [5.74, 6) is 0. The van der Waals surface area contributed by atoms with E-state index in [1.54, 1.807) is 0 Å². The zero-order valence-corrected chi connectivity index (χ0v) is 25.8. The van der Waals surface area contributed by atoms with E-state index < -0.39 is 0 Å². The van der Waals surface area contributed by atoms with Crippen molar-refractivity contribution in [2.75, 3.05) is 0 Å². The van der Waals surface area contributed by atoms with Crippen molar-refractivity contribution in [1.29, 1.82) is 0 Å². The molecule has 0 radical (unpaired) electrons. The van der Waals surface area contributed by atoms with Gasteiger partial charge in [0.25, 0.3) is 0 Å². The highest BCUT2D eigenvalue weighted by molar-refractivity contribution is 6.22. The molecule has 0 saturated heterocycles. The zero-order valence-electron chi connectivity index (χ0n) is 25.8. The van der Waals surface area contributed by atoms with Crippen molar-refractivity contribution in [2.24, 2.45) is 0 Å². The van der Waals surface area contributed by atoms with Crippen molar-refractivity contribution < 1.29 is 0 Å². The van der Waals surface area contributed by atoms with Crippen molar-refractivity contribution in [2.45, 2.75) is 32.1 Å². The fourth-order valence-electron chi connectivity index (χ4n) is 8.54. The minimum absolute atomic E-state index is 0.0444. The Hall–Kier alpha value is -5.20. The van der Waals surface area contributed by atoms with Crippen LogP contribution in [0.25, 0.3) is 76.5 Å². The van der Waals surface area contributed by atoms with E-state index in [2.05, 4.69) is 159 Å². The van der Waals surface area contributed by atoms with Crippen LogP contribution in [0.4, 0.5) is 0 Å². The van der Waals surface area contributed by atoms with Crippen molar-refractivity contribution in [3.63, 3.8) is 0 Å². The van der Waals surface area contributed by atoms with Gasteiger partial charge in [0.1, 0.15) is 0 Å². The second-order valence-electron chi connectivity index (χ2n) is 12.7. The summed E-state index contributed by atoms with van der Waals surface area (Å²) in [6.45, 7) is 4.71. The summed E-state index contributed by atoms with van der Waals surface area (Å²) >= 11 is 0. The lowest BCUT2D eigenvalue weighted by atomic mass is 9.73. The molecule has 0 aliphatic heterocycles. The van der Waals surface area contributed by atoms with Gasteiger partial charge in [-0.3, -0.25) is 0 Å². The number of rotatable bonds is 4. The average Bonchev–Trinajstić information content (AvgIpc) is 3.39. The smallest absolute Gasteiger partial charge is 0.0210 e. The summed E-state index contributed by atoms with van der Waals surface area (Å²) in [5.41, 5.74) is 11.0. The first-order valence-corrected chi connectivity index (χ1v) is 16.3. The Morgan fingerprint density at radius 1 is 0.378 bits per heavy atom. The first-order valence-electron chi connectivity index (χ1n) is 16.3. The molecule has 9 rings (SSSR count). The van der Waals surface area contributed by atoms with E-state index in [0.29, 0.717) is 0 Å². The normalized spacial score (nSPS) is 13.5. The summed E-state index contributed by atoms with van der Waals surface area (Å²) in [7, 11) is 0. The first-order chi connectivity index (χ1) is 22.2. The fraction of sp³-hybridized carbons (Fsp3) is 0.111. The number of hydrogen-bond acceptors (Lipinski definition) is 0. The lowest BCUT2D eigenvalue weighted by Gasteiger charge is -2.30. The molecule has 0 atom stereocenters. The van der Waals surface area contributed by atoms with Crippen LogP contribution in [-0.2, 0) is 5.41 Å². The van der Waals surface area contributed by atoms with Crippen LogP contribution in [0.3, 0.4) is 0 Å². The monoisotopic (exact) mass is 574 g/mol. The Morgan fingerprint density at radius 2 is 0.867 bits per heavy atom. The Labute approximate surface area is 264 Å². The number of hydrogen-bond donors (Lipinski definition) is 0. The lowest BCUT2D eigenvalue weighted by molar-refractivity contribution is 0.490. The summed E-state index contributed by atoms with van der Waals surface area (Å²) in [4.78, 5) is 0.